The van der Waals surface area contributed by atoms with Crippen molar-refractivity contribution in [2.75, 3.05) is 0 Å². The first-order valence-corrected chi connectivity index (χ1v) is 10.0. The first kappa shape index (κ1) is 18.9. The van der Waals surface area contributed by atoms with Crippen molar-refractivity contribution in [2.24, 2.45) is 0 Å². The summed E-state index contributed by atoms with van der Waals surface area (Å²) < 4.78 is 0. The van der Waals surface area contributed by atoms with E-state index in [1.54, 1.807) is 0 Å². The van der Waals surface area contributed by atoms with Gasteiger partial charge in [0.05, 0.1) is 11.6 Å². The van der Waals surface area contributed by atoms with Crippen molar-refractivity contribution in [1.82, 2.24) is 0 Å². The van der Waals surface area contributed by atoms with Crippen molar-refractivity contribution in [3.05, 3.63) is 83.9 Å². The molecule has 3 aromatic carbocycles. The van der Waals surface area contributed by atoms with E-state index >= 15 is 0 Å². The van der Waals surface area contributed by atoms with Crippen molar-refractivity contribution >= 4 is 0 Å². The van der Waals surface area contributed by atoms with Crippen LogP contribution in [-0.4, -0.2) is 0 Å². The fourth-order valence-electron chi connectivity index (χ4n) is 3.51. The average Bonchev–Trinajstić information content (AvgIpc) is 2.74. The van der Waals surface area contributed by atoms with Crippen LogP contribution in [0.2, 0.25) is 0 Å². The van der Waals surface area contributed by atoms with Crippen molar-refractivity contribution in [2.45, 2.75) is 45.4 Å². The Morgan fingerprint density at radius 3 is 2.11 bits per heavy atom. The molecule has 0 N–H and O–H groups in total. The lowest BCUT2D eigenvalue weighted by molar-refractivity contribution is 0.632. The van der Waals surface area contributed by atoms with Gasteiger partial charge in [0.2, 0.25) is 0 Å². The molecule has 3 rings (SSSR count). The van der Waals surface area contributed by atoms with E-state index in [1.165, 1.54) is 54.4 Å². The van der Waals surface area contributed by atoms with E-state index in [2.05, 4.69) is 67.6 Å². The lowest BCUT2D eigenvalue weighted by Gasteiger charge is -2.12. The summed E-state index contributed by atoms with van der Waals surface area (Å²) in [5.41, 5.74) is 6.73. The molecule has 27 heavy (non-hydrogen) atoms. The van der Waals surface area contributed by atoms with Crippen LogP contribution in [0.1, 0.15) is 50.2 Å². The zero-order valence-corrected chi connectivity index (χ0v) is 16.1. The van der Waals surface area contributed by atoms with E-state index in [1.807, 2.05) is 18.2 Å². The normalized spacial score (nSPS) is 10.5. The van der Waals surface area contributed by atoms with Crippen LogP contribution < -0.4 is 0 Å². The zero-order valence-electron chi connectivity index (χ0n) is 16.1. The molecule has 0 bridgehead atoms. The summed E-state index contributed by atoms with van der Waals surface area (Å²) in [6, 6.07) is 27.5. The summed E-state index contributed by atoms with van der Waals surface area (Å²) in [6.45, 7) is 2.25. The Bertz CT molecular complexity index is 886. The first-order valence-electron chi connectivity index (χ1n) is 10.0. The van der Waals surface area contributed by atoms with Crippen LogP contribution in [0.25, 0.3) is 22.3 Å². The van der Waals surface area contributed by atoms with Gasteiger partial charge in [0.1, 0.15) is 0 Å². The van der Waals surface area contributed by atoms with Gasteiger partial charge in [-0.2, -0.15) is 5.26 Å². The van der Waals surface area contributed by atoms with Gasteiger partial charge in [-0.1, -0.05) is 93.3 Å². The molecule has 0 saturated carbocycles. The Balaban J connectivity index is 1.82. The minimum atomic E-state index is 0.699. The van der Waals surface area contributed by atoms with E-state index in [0.29, 0.717) is 5.56 Å². The highest BCUT2D eigenvalue weighted by atomic mass is 14.2. The van der Waals surface area contributed by atoms with Crippen LogP contribution in [0, 0.1) is 11.3 Å². The molecule has 0 aliphatic rings. The fourth-order valence-corrected chi connectivity index (χ4v) is 3.51. The maximum Gasteiger partial charge on any atom is 0.0991 e. The molecule has 3 aromatic rings. The third-order valence-electron chi connectivity index (χ3n) is 5.07. The Labute approximate surface area is 163 Å². The lowest BCUT2D eigenvalue weighted by Crippen LogP contribution is -1.89. The third-order valence-corrected chi connectivity index (χ3v) is 5.07. The monoisotopic (exact) mass is 353 g/mol. The van der Waals surface area contributed by atoms with Gasteiger partial charge < -0.3 is 0 Å². The number of benzene rings is 3. The second-order valence-electron chi connectivity index (χ2n) is 7.10. The van der Waals surface area contributed by atoms with Gasteiger partial charge in [0.15, 0.2) is 0 Å². The number of nitriles is 1. The minimum Gasteiger partial charge on any atom is -0.192 e. The van der Waals surface area contributed by atoms with Crippen LogP contribution in [0.15, 0.2) is 72.8 Å². The standard InChI is InChI=1S/C26H27N/c1-2-3-4-5-7-10-21-13-16-24(17-14-21)26-19-22(20-27)15-18-25(26)23-11-8-6-9-12-23/h6,8-9,11-19H,2-5,7,10H2,1H3. The number of aryl methyl sites for hydroxylation is 1. The molecule has 0 spiro atoms. The first-order chi connectivity index (χ1) is 13.3. The van der Waals surface area contributed by atoms with Crippen LogP contribution in [-0.2, 0) is 6.42 Å². The molecule has 136 valence electrons. The van der Waals surface area contributed by atoms with Crippen LogP contribution in [0.4, 0.5) is 0 Å². The number of unbranched alkanes of at least 4 members (excludes halogenated alkanes) is 4. The molecule has 0 amide bonds. The van der Waals surface area contributed by atoms with Gasteiger partial charge in [-0.15, -0.1) is 0 Å². The topological polar surface area (TPSA) is 23.8 Å². The summed E-state index contributed by atoms with van der Waals surface area (Å²) in [5, 5.41) is 9.32. The molecule has 0 aromatic heterocycles. The van der Waals surface area contributed by atoms with Crippen molar-refractivity contribution < 1.29 is 0 Å². The zero-order chi connectivity index (χ0) is 18.9. The molecule has 0 unspecified atom stereocenters. The SMILES string of the molecule is CCCCCCCc1ccc(-c2cc(C#N)ccc2-c2ccccc2)cc1. The Morgan fingerprint density at radius 2 is 1.41 bits per heavy atom. The smallest absolute Gasteiger partial charge is 0.0991 e. The molecule has 1 heteroatoms. The van der Waals surface area contributed by atoms with Crippen molar-refractivity contribution in [3.63, 3.8) is 0 Å². The van der Waals surface area contributed by atoms with Crippen molar-refractivity contribution in [3.8, 4) is 28.3 Å². The second kappa shape index (κ2) is 9.74. The van der Waals surface area contributed by atoms with Crippen LogP contribution >= 0.6 is 0 Å². The van der Waals surface area contributed by atoms with Gasteiger partial charge in [-0.3, -0.25) is 0 Å². The highest BCUT2D eigenvalue weighted by Crippen LogP contribution is 2.33. The summed E-state index contributed by atoms with van der Waals surface area (Å²) in [5.74, 6) is 0. The van der Waals surface area contributed by atoms with Gasteiger partial charge in [0, 0.05) is 0 Å². The average molecular weight is 354 g/mol. The van der Waals surface area contributed by atoms with Gasteiger partial charge in [0.25, 0.3) is 0 Å². The van der Waals surface area contributed by atoms with Crippen molar-refractivity contribution in [1.29, 1.82) is 5.26 Å². The molecule has 0 saturated heterocycles. The van der Waals surface area contributed by atoms with Crippen LogP contribution in [0.3, 0.4) is 0 Å². The summed E-state index contributed by atoms with van der Waals surface area (Å²) in [4.78, 5) is 0. The van der Waals surface area contributed by atoms with Gasteiger partial charge >= 0.3 is 0 Å². The van der Waals surface area contributed by atoms with Gasteiger partial charge in [-0.05, 0) is 52.8 Å². The molecule has 0 radical (unpaired) electrons. The molecule has 0 atom stereocenters. The van der Waals surface area contributed by atoms with Gasteiger partial charge in [-0.25, -0.2) is 0 Å². The quantitative estimate of drug-likeness (QED) is 0.387. The molecular formula is C26H27N. The molecular weight excluding hydrogens is 326 g/mol. The second-order valence-corrected chi connectivity index (χ2v) is 7.10. The predicted molar refractivity (Wildman–Crippen MR) is 114 cm³/mol. The largest absolute Gasteiger partial charge is 0.192 e. The summed E-state index contributed by atoms with van der Waals surface area (Å²) in [6.07, 6.45) is 7.71. The van der Waals surface area contributed by atoms with E-state index in [0.717, 1.165) is 12.0 Å². The number of rotatable bonds is 8. The maximum absolute atomic E-state index is 9.32. The third kappa shape index (κ3) is 5.08. The van der Waals surface area contributed by atoms with E-state index in [4.69, 9.17) is 0 Å². The Kier molecular flexibility index (Phi) is 6.83. The fraction of sp³-hybridized carbons (Fsp3) is 0.269. The van der Waals surface area contributed by atoms with E-state index < -0.39 is 0 Å². The number of hydrogen-bond acceptors (Lipinski definition) is 1. The minimum absolute atomic E-state index is 0.699. The number of hydrogen-bond donors (Lipinski definition) is 0. The Morgan fingerprint density at radius 1 is 0.704 bits per heavy atom. The Hall–Kier alpha value is -2.85. The molecule has 0 heterocycles. The van der Waals surface area contributed by atoms with E-state index in [-0.39, 0.29) is 0 Å². The lowest BCUT2D eigenvalue weighted by atomic mass is 9.92. The van der Waals surface area contributed by atoms with E-state index in [9.17, 15) is 5.26 Å². The molecule has 0 fully saturated rings. The molecule has 0 aliphatic heterocycles. The summed E-state index contributed by atoms with van der Waals surface area (Å²) >= 11 is 0. The highest BCUT2D eigenvalue weighted by molar-refractivity contribution is 5.84. The maximum atomic E-state index is 9.32. The molecule has 0 aliphatic carbocycles. The van der Waals surface area contributed by atoms with Crippen LogP contribution in [0.5, 0.6) is 0 Å². The number of nitrogens with zero attached hydrogens (tertiary/aromatic N) is 1. The predicted octanol–water partition coefficient (Wildman–Crippen LogP) is 7.41. The highest BCUT2D eigenvalue weighted by Gasteiger charge is 2.09. The molecule has 1 nitrogen and oxygen atoms in total. The summed E-state index contributed by atoms with van der Waals surface area (Å²) in [7, 11) is 0.